The maximum atomic E-state index is 3.61. The number of unbranched alkanes of at least 4 members (excludes halogenated alkanes) is 3. The van der Waals surface area contributed by atoms with Crippen LogP contribution in [-0.2, 0) is 0 Å². The first-order valence-corrected chi connectivity index (χ1v) is 2.41. The lowest BCUT2D eigenvalue weighted by Gasteiger charge is -1.84. The molecule has 0 fully saturated rings. The van der Waals surface area contributed by atoms with Crippen molar-refractivity contribution in [2.24, 2.45) is 0 Å². The molecule has 0 atom stereocenters. The Morgan fingerprint density at radius 3 is 2.50 bits per heavy atom. The van der Waals surface area contributed by atoms with Crippen molar-refractivity contribution in [3.63, 3.8) is 0 Å². The van der Waals surface area contributed by atoms with Crippen molar-refractivity contribution in [1.29, 1.82) is 0 Å². The first-order valence-electron chi connectivity index (χ1n) is 2.41. The number of hydrogen-bond acceptors (Lipinski definition) is 0. The van der Waals surface area contributed by atoms with Gasteiger partial charge in [0, 0.05) is 0 Å². The monoisotopic (exact) mass is 83.1 g/mol. The van der Waals surface area contributed by atoms with Crippen LogP contribution in [0.4, 0.5) is 0 Å². The highest BCUT2D eigenvalue weighted by atomic mass is 13.8. The second kappa shape index (κ2) is 5.00. The molecule has 0 N–H and O–H groups in total. The van der Waals surface area contributed by atoms with Crippen molar-refractivity contribution in [2.45, 2.75) is 26.2 Å². The van der Waals surface area contributed by atoms with Gasteiger partial charge >= 0.3 is 0 Å². The fourth-order valence-corrected chi connectivity index (χ4v) is 0.302. The summed E-state index contributed by atoms with van der Waals surface area (Å²) in [5, 5.41) is 0. The van der Waals surface area contributed by atoms with Crippen molar-refractivity contribution >= 4 is 0 Å². The minimum absolute atomic E-state index is 0.855. The molecule has 0 spiro atoms. The van der Waals surface area contributed by atoms with Crippen LogP contribution >= 0.6 is 0 Å². The third-order valence-electron chi connectivity index (χ3n) is 0.604. The molecule has 0 amide bonds. The van der Waals surface area contributed by atoms with Gasteiger partial charge in [0.25, 0.3) is 0 Å². The Balaban J connectivity index is 2.34. The predicted octanol–water partition coefficient (Wildman–Crippen LogP) is 2.09. The molecule has 0 aromatic carbocycles. The molecule has 3 radical (unpaired) electrons. The van der Waals surface area contributed by atoms with Gasteiger partial charge in [-0.3, -0.25) is 0 Å². The zero-order valence-corrected chi connectivity index (χ0v) is 4.33. The summed E-state index contributed by atoms with van der Waals surface area (Å²) in [6.07, 6.45) is 6.25. The molecule has 0 rings (SSSR count). The first-order chi connectivity index (χ1) is 2.91. The van der Waals surface area contributed by atoms with Gasteiger partial charge in [-0.1, -0.05) is 20.3 Å². The second-order valence-corrected chi connectivity index (χ2v) is 1.25. The third-order valence-corrected chi connectivity index (χ3v) is 0.604. The van der Waals surface area contributed by atoms with Crippen LogP contribution in [0.1, 0.15) is 26.2 Å². The van der Waals surface area contributed by atoms with E-state index in [-0.39, 0.29) is 0 Å². The summed E-state index contributed by atoms with van der Waals surface area (Å²) < 4.78 is 0. The molecule has 0 heteroatoms. The summed E-state index contributed by atoms with van der Waals surface area (Å²) in [6, 6.07) is 0. The average Bonchev–Trinajstić information content (AvgIpc) is 1.61. The molecular weight excluding hydrogens is 72.1 g/mol. The van der Waals surface area contributed by atoms with E-state index in [0.717, 1.165) is 12.8 Å². The van der Waals surface area contributed by atoms with Gasteiger partial charge < -0.3 is 0 Å². The molecule has 6 heavy (non-hydrogen) atoms. The molecular formula is C6H11. The van der Waals surface area contributed by atoms with E-state index in [1.807, 2.05) is 0 Å². The van der Waals surface area contributed by atoms with Crippen LogP contribution in [0, 0.1) is 13.3 Å². The van der Waals surface area contributed by atoms with Crippen LogP contribution in [0.2, 0.25) is 0 Å². The maximum absolute atomic E-state index is 3.61. The normalized spacial score (nSPS) is 9.00. The van der Waals surface area contributed by atoms with E-state index < -0.39 is 0 Å². The van der Waals surface area contributed by atoms with Gasteiger partial charge in [0.05, 0.1) is 0 Å². The minimum atomic E-state index is 0.855. The fourth-order valence-electron chi connectivity index (χ4n) is 0.302. The lowest BCUT2D eigenvalue weighted by molar-refractivity contribution is 0.873. The first kappa shape index (κ1) is 6.00. The van der Waals surface area contributed by atoms with Gasteiger partial charge in [0.2, 0.25) is 0 Å². The van der Waals surface area contributed by atoms with Crippen LogP contribution in [0.5, 0.6) is 0 Å². The highest BCUT2D eigenvalue weighted by Gasteiger charge is 1.76. The second-order valence-electron chi connectivity index (χ2n) is 1.25. The Hall–Kier alpha value is 0. The molecule has 0 aliphatic rings. The maximum Gasteiger partial charge on any atom is -0.0174 e. The lowest BCUT2D eigenvalue weighted by atomic mass is 10.2. The molecule has 0 heterocycles. The Kier molecular flexibility index (Phi) is 5.00. The quantitative estimate of drug-likeness (QED) is 0.458. The topological polar surface area (TPSA) is 0 Å². The molecule has 35 valence electrons. The SMILES string of the molecule is [CH2]C[C]CCC. The average molecular weight is 83.2 g/mol. The molecule has 0 aliphatic heterocycles. The third kappa shape index (κ3) is 4.00. The molecule has 0 saturated carbocycles. The Morgan fingerprint density at radius 2 is 2.33 bits per heavy atom. The number of hydrogen-bond donors (Lipinski definition) is 0. The summed E-state index contributed by atoms with van der Waals surface area (Å²) in [7, 11) is 0. The van der Waals surface area contributed by atoms with Crippen LogP contribution in [0.3, 0.4) is 0 Å². The van der Waals surface area contributed by atoms with Gasteiger partial charge in [-0.25, -0.2) is 0 Å². The minimum Gasteiger partial charge on any atom is -0.0654 e. The molecule has 0 aliphatic carbocycles. The van der Waals surface area contributed by atoms with Crippen molar-refractivity contribution < 1.29 is 0 Å². The van der Waals surface area contributed by atoms with E-state index in [1.54, 1.807) is 0 Å². The van der Waals surface area contributed by atoms with Crippen molar-refractivity contribution in [3.8, 4) is 0 Å². The molecule has 0 aromatic rings. The lowest BCUT2D eigenvalue weighted by Crippen LogP contribution is -1.68. The molecule has 0 saturated heterocycles. The highest BCUT2D eigenvalue weighted by molar-refractivity contribution is 4.62. The summed E-state index contributed by atoms with van der Waals surface area (Å²) in [5.74, 6) is 0. The zero-order chi connectivity index (χ0) is 4.83. The summed E-state index contributed by atoms with van der Waals surface area (Å²) in [5.41, 5.74) is 0. The van der Waals surface area contributed by atoms with Crippen molar-refractivity contribution in [1.82, 2.24) is 0 Å². The van der Waals surface area contributed by atoms with Crippen molar-refractivity contribution in [2.75, 3.05) is 0 Å². The largest absolute Gasteiger partial charge is 0.0654 e. The summed E-state index contributed by atoms with van der Waals surface area (Å²) in [4.78, 5) is 0. The Morgan fingerprint density at radius 1 is 1.67 bits per heavy atom. The standard InChI is InChI=1S/C6H11/c1-3-5-6-4-2/h1,3-4,6H2,2H3. The fraction of sp³-hybridized carbons (Fsp3) is 0.667. The summed E-state index contributed by atoms with van der Waals surface area (Å²) >= 11 is 0. The van der Waals surface area contributed by atoms with Gasteiger partial charge in [0.1, 0.15) is 0 Å². The molecule has 0 nitrogen and oxygen atoms in total. The van der Waals surface area contributed by atoms with Crippen molar-refractivity contribution in [3.05, 3.63) is 13.3 Å². The van der Waals surface area contributed by atoms with E-state index >= 15 is 0 Å². The highest BCUT2D eigenvalue weighted by Crippen LogP contribution is 1.93. The van der Waals surface area contributed by atoms with Gasteiger partial charge in [0.15, 0.2) is 0 Å². The van der Waals surface area contributed by atoms with Gasteiger partial charge in [-0.05, 0) is 19.3 Å². The van der Waals surface area contributed by atoms with Crippen LogP contribution in [0.25, 0.3) is 0 Å². The molecule has 0 bridgehead atoms. The smallest absolute Gasteiger partial charge is 0.0174 e. The van der Waals surface area contributed by atoms with Crippen LogP contribution in [-0.4, -0.2) is 0 Å². The van der Waals surface area contributed by atoms with Gasteiger partial charge in [-0.2, -0.15) is 0 Å². The van der Waals surface area contributed by atoms with Gasteiger partial charge in [-0.15, -0.1) is 0 Å². The Bertz CT molecular complexity index is 12.0. The van der Waals surface area contributed by atoms with Crippen LogP contribution in [0.15, 0.2) is 0 Å². The van der Waals surface area contributed by atoms with E-state index in [4.69, 9.17) is 0 Å². The van der Waals surface area contributed by atoms with E-state index in [1.165, 1.54) is 6.42 Å². The number of rotatable bonds is 3. The molecule has 0 unspecified atom stereocenters. The summed E-state index contributed by atoms with van der Waals surface area (Å²) in [6.45, 7) is 5.75. The van der Waals surface area contributed by atoms with E-state index in [9.17, 15) is 0 Å². The predicted molar refractivity (Wildman–Crippen MR) is 28.1 cm³/mol. The van der Waals surface area contributed by atoms with Crippen LogP contribution < -0.4 is 0 Å². The van der Waals surface area contributed by atoms with E-state index in [2.05, 4.69) is 20.3 Å². The molecule has 0 aromatic heterocycles. The Labute approximate surface area is 40.6 Å². The zero-order valence-electron chi connectivity index (χ0n) is 4.33. The van der Waals surface area contributed by atoms with E-state index in [0.29, 0.717) is 0 Å².